The Hall–Kier alpha value is -2.91. The largest absolute Gasteiger partial charge is 0.294 e. The quantitative estimate of drug-likeness (QED) is 0.384. The first kappa shape index (κ1) is 24.1. The molecule has 0 aromatic heterocycles. The zero-order valence-corrected chi connectivity index (χ0v) is 17.6. The molecule has 0 bridgehead atoms. The Morgan fingerprint density at radius 3 is 2.17 bits per heavy atom. The number of Topliss-reactive ketones (excluding diaryl/α,β-unsaturated/α-hetero) is 1. The number of fused-ring (bicyclic) bond motifs is 1. The Kier molecular flexibility index (Phi) is 13.4. The van der Waals surface area contributed by atoms with E-state index in [2.05, 4.69) is 36.4 Å². The highest BCUT2D eigenvalue weighted by Crippen LogP contribution is 2.19. The number of nitriles is 2. The van der Waals surface area contributed by atoms with Crippen molar-refractivity contribution in [1.82, 2.24) is 0 Å². The fraction of sp³-hybridized carbons (Fsp3) is 0.423. The molecule has 3 heteroatoms. The molecule has 0 radical (unpaired) electrons. The van der Waals surface area contributed by atoms with E-state index >= 15 is 0 Å². The lowest BCUT2D eigenvalue weighted by Gasteiger charge is -2.01. The molecule has 0 atom stereocenters. The molecule has 0 spiro atoms. The van der Waals surface area contributed by atoms with Crippen LogP contribution in [0.2, 0.25) is 0 Å². The van der Waals surface area contributed by atoms with Crippen LogP contribution in [0.5, 0.6) is 0 Å². The van der Waals surface area contributed by atoms with E-state index in [-0.39, 0.29) is 4.28 Å². The van der Waals surface area contributed by atoms with Gasteiger partial charge in [-0.3, -0.25) is 4.79 Å². The molecule has 3 nitrogen and oxygen atoms in total. The van der Waals surface area contributed by atoms with E-state index in [1.807, 2.05) is 37.3 Å². The van der Waals surface area contributed by atoms with Crippen molar-refractivity contribution in [2.24, 2.45) is 0 Å². The SMILES string of the molecule is CCCC#N.N#CCCCCc1ccccc1.O=C1CCCCc2ccccc21.[3HH].[3HH].[3HH]. The second-order valence-electron chi connectivity index (χ2n) is 7.05. The number of rotatable bonds is 5. The maximum absolute atomic E-state index is 11.5. The summed E-state index contributed by atoms with van der Waals surface area (Å²) >= 11 is 0. The van der Waals surface area contributed by atoms with E-state index in [9.17, 15) is 4.79 Å². The third-order valence-electron chi connectivity index (χ3n) is 4.63. The maximum atomic E-state index is 11.5. The Morgan fingerprint density at radius 2 is 1.52 bits per heavy atom. The molecular formula is C26H38N2O. The lowest BCUT2D eigenvalue weighted by Crippen LogP contribution is -1.98. The Balaban J connectivity index is -0.000000405. The number of unbranched alkanes of at least 4 members (excludes halogenated alkanes) is 3. The van der Waals surface area contributed by atoms with Gasteiger partial charge in [0.05, 0.1) is 12.1 Å². The van der Waals surface area contributed by atoms with Crippen LogP contribution in [0.15, 0.2) is 54.6 Å². The number of carbonyl (C=O) groups excluding carboxylic acids is 1. The van der Waals surface area contributed by atoms with E-state index in [0.29, 0.717) is 18.6 Å². The average molecular weight is 401 g/mol. The van der Waals surface area contributed by atoms with Crippen molar-refractivity contribution in [3.8, 4) is 12.1 Å². The smallest absolute Gasteiger partial charge is 0.163 e. The molecule has 29 heavy (non-hydrogen) atoms. The minimum Gasteiger partial charge on any atom is -0.294 e. The van der Waals surface area contributed by atoms with E-state index in [4.69, 9.17) is 10.5 Å². The van der Waals surface area contributed by atoms with Crippen LogP contribution < -0.4 is 0 Å². The van der Waals surface area contributed by atoms with Crippen LogP contribution in [0.3, 0.4) is 0 Å². The predicted octanol–water partition coefficient (Wildman–Crippen LogP) is 7.57. The van der Waals surface area contributed by atoms with Crippen LogP contribution in [0.4, 0.5) is 0 Å². The lowest BCUT2D eigenvalue weighted by atomic mass is 10.0. The molecule has 0 fully saturated rings. The molecule has 2 aromatic carbocycles. The Morgan fingerprint density at radius 1 is 0.862 bits per heavy atom. The van der Waals surface area contributed by atoms with Gasteiger partial charge in [0.1, 0.15) is 0 Å². The first-order chi connectivity index (χ1) is 14.2. The van der Waals surface area contributed by atoms with Crippen LogP contribution in [0, 0.1) is 22.7 Å². The highest BCUT2D eigenvalue weighted by atomic mass is 16.1. The minimum absolute atomic E-state index is 0. The molecule has 3 rings (SSSR count). The Labute approximate surface area is 180 Å². The van der Waals surface area contributed by atoms with E-state index < -0.39 is 0 Å². The summed E-state index contributed by atoms with van der Waals surface area (Å²) in [5, 5.41) is 16.1. The number of aryl methyl sites for hydroxylation is 2. The molecule has 0 aliphatic heterocycles. The molecule has 1 aliphatic carbocycles. The monoisotopic (exact) mass is 400 g/mol. The Bertz CT molecular complexity index is 799. The molecule has 0 saturated carbocycles. The first-order valence-corrected chi connectivity index (χ1v) is 10.6. The van der Waals surface area contributed by atoms with Gasteiger partial charge >= 0.3 is 0 Å². The van der Waals surface area contributed by atoms with Gasteiger partial charge in [-0.15, -0.1) is 0 Å². The normalized spacial score (nSPS) is 11.9. The summed E-state index contributed by atoms with van der Waals surface area (Å²) < 4.78 is 0. The van der Waals surface area contributed by atoms with Crippen LogP contribution in [-0.4, -0.2) is 5.78 Å². The van der Waals surface area contributed by atoms with Gasteiger partial charge in [0.2, 0.25) is 0 Å². The van der Waals surface area contributed by atoms with Crippen LogP contribution in [0.1, 0.15) is 84.1 Å². The third kappa shape index (κ3) is 10.9. The topological polar surface area (TPSA) is 64.7 Å². The van der Waals surface area contributed by atoms with Gasteiger partial charge in [-0.05, 0) is 56.1 Å². The zero-order chi connectivity index (χ0) is 21.2. The summed E-state index contributed by atoms with van der Waals surface area (Å²) in [4.78, 5) is 11.5. The fourth-order valence-electron chi connectivity index (χ4n) is 3.04. The van der Waals surface area contributed by atoms with Gasteiger partial charge < -0.3 is 0 Å². The zero-order valence-electron chi connectivity index (χ0n) is 17.6. The summed E-state index contributed by atoms with van der Waals surface area (Å²) in [6, 6.07) is 22.5. The van der Waals surface area contributed by atoms with Crippen molar-refractivity contribution in [3.63, 3.8) is 0 Å². The second-order valence-corrected chi connectivity index (χ2v) is 7.05. The summed E-state index contributed by atoms with van der Waals surface area (Å²) in [5.74, 6) is 0.322. The number of benzene rings is 2. The number of hydrogen-bond donors (Lipinski definition) is 0. The average Bonchev–Trinajstić information content (AvgIpc) is 2.95. The first-order valence-electron chi connectivity index (χ1n) is 10.6. The third-order valence-corrected chi connectivity index (χ3v) is 4.63. The fourth-order valence-corrected chi connectivity index (χ4v) is 3.04. The second kappa shape index (κ2) is 16.1. The lowest BCUT2D eigenvalue weighted by molar-refractivity contribution is 0.0982. The summed E-state index contributed by atoms with van der Waals surface area (Å²) in [7, 11) is 0. The number of carbonyl (C=O) groups is 1. The molecule has 158 valence electrons. The standard InChI is InChI=1S/C11H13N.C11H12O.C4H7N.3H2/c12-10-6-2-5-9-11-7-3-1-4-8-11;12-11-8-4-2-6-9-5-1-3-7-10(9)11;1-2-3-4-5;;;/h1,3-4,7-8H,2,5-6,9H2;1,3,5,7H,2,4,6,8H2;2-3H2,1H3;3*1H/i;;;3*1+2. The van der Waals surface area contributed by atoms with Gasteiger partial charge in [-0.25, -0.2) is 0 Å². The van der Waals surface area contributed by atoms with Gasteiger partial charge in [-0.2, -0.15) is 10.5 Å². The van der Waals surface area contributed by atoms with Gasteiger partial charge in [-0.1, -0.05) is 61.5 Å². The van der Waals surface area contributed by atoms with E-state index in [0.717, 1.165) is 56.9 Å². The molecule has 0 amide bonds. The van der Waals surface area contributed by atoms with Crippen molar-refractivity contribution in [1.29, 1.82) is 10.5 Å². The highest BCUT2D eigenvalue weighted by Gasteiger charge is 2.13. The minimum atomic E-state index is 0. The number of ketones is 1. The van der Waals surface area contributed by atoms with Gasteiger partial charge in [0.15, 0.2) is 5.78 Å². The van der Waals surface area contributed by atoms with Gasteiger partial charge in [0.25, 0.3) is 0 Å². The number of hydrogen-bond acceptors (Lipinski definition) is 3. The van der Waals surface area contributed by atoms with Crippen molar-refractivity contribution >= 4 is 5.78 Å². The summed E-state index contributed by atoms with van der Waals surface area (Å²) in [6.07, 6.45) is 9.62. The maximum Gasteiger partial charge on any atom is 0.163 e. The highest BCUT2D eigenvalue weighted by molar-refractivity contribution is 5.97. The number of nitrogens with zero attached hydrogens (tertiary/aromatic N) is 2. The molecule has 0 saturated heterocycles. The van der Waals surface area contributed by atoms with E-state index in [1.54, 1.807) is 0 Å². The van der Waals surface area contributed by atoms with Crippen LogP contribution >= 0.6 is 0 Å². The summed E-state index contributed by atoms with van der Waals surface area (Å²) in [6.45, 7) is 1.99. The molecular weight excluding hydrogens is 356 g/mol. The van der Waals surface area contributed by atoms with Crippen molar-refractivity contribution in [2.45, 2.75) is 71.1 Å². The van der Waals surface area contributed by atoms with Crippen LogP contribution in [-0.2, 0) is 12.8 Å². The molecule has 0 heterocycles. The molecule has 0 N–H and O–H groups in total. The van der Waals surface area contributed by atoms with E-state index in [1.165, 1.54) is 11.1 Å². The molecule has 0 unspecified atom stereocenters. The summed E-state index contributed by atoms with van der Waals surface area (Å²) in [5.41, 5.74) is 3.56. The van der Waals surface area contributed by atoms with Crippen molar-refractivity contribution < 1.29 is 9.07 Å². The van der Waals surface area contributed by atoms with Gasteiger partial charge in [0, 0.05) is 29.1 Å². The van der Waals surface area contributed by atoms with Crippen LogP contribution in [0.25, 0.3) is 0 Å². The van der Waals surface area contributed by atoms with Crippen molar-refractivity contribution in [2.75, 3.05) is 0 Å². The predicted molar refractivity (Wildman–Crippen MR) is 125 cm³/mol. The molecule has 1 aliphatic rings. The van der Waals surface area contributed by atoms with Crippen molar-refractivity contribution in [3.05, 3.63) is 71.3 Å². The molecule has 2 aromatic rings.